The summed E-state index contributed by atoms with van der Waals surface area (Å²) in [6.45, 7) is 1.20. The number of benzene rings is 2. The van der Waals surface area contributed by atoms with Gasteiger partial charge in [0, 0.05) is 20.3 Å². The first-order valence-corrected chi connectivity index (χ1v) is 11.9. The lowest BCUT2D eigenvalue weighted by Crippen LogP contribution is -2.49. The second-order valence-corrected chi connectivity index (χ2v) is 8.87. The molecule has 0 radical (unpaired) electrons. The fourth-order valence-corrected chi connectivity index (χ4v) is 4.87. The predicted molar refractivity (Wildman–Crippen MR) is 123 cm³/mol. The third-order valence-corrected chi connectivity index (χ3v) is 6.80. The molecule has 0 aliphatic carbocycles. The van der Waals surface area contributed by atoms with Gasteiger partial charge in [-0.3, -0.25) is 4.79 Å². The summed E-state index contributed by atoms with van der Waals surface area (Å²) in [7, 11) is 2.03. The van der Waals surface area contributed by atoms with E-state index in [4.69, 9.17) is 9.72 Å². The molecule has 1 aliphatic heterocycles. The van der Waals surface area contributed by atoms with Gasteiger partial charge in [0.1, 0.15) is 5.82 Å². The van der Waals surface area contributed by atoms with E-state index in [0.29, 0.717) is 26.1 Å². The number of para-hydroxylation sites is 2. The fourth-order valence-electron chi connectivity index (χ4n) is 4.40. The molecule has 1 N–H and O–H groups in total. The summed E-state index contributed by atoms with van der Waals surface area (Å²) in [4.78, 5) is 18.7. The second-order valence-electron chi connectivity index (χ2n) is 7.89. The predicted octanol–water partition coefficient (Wildman–Crippen LogP) is 4.23. The number of fused-ring (bicyclic) bond motifs is 1. The zero-order chi connectivity index (χ0) is 21.0. The largest absolute Gasteiger partial charge is 0.381 e. The molecule has 0 saturated carbocycles. The molecule has 5 nitrogen and oxygen atoms in total. The molecule has 2 aromatic carbocycles. The minimum absolute atomic E-state index is 0.0789. The molecule has 1 amide bonds. The zero-order valence-corrected chi connectivity index (χ0v) is 18.5. The van der Waals surface area contributed by atoms with Gasteiger partial charge in [0.2, 0.25) is 5.91 Å². The lowest BCUT2D eigenvalue weighted by molar-refractivity contribution is -0.131. The highest BCUT2D eigenvalue weighted by molar-refractivity contribution is 7.98. The van der Waals surface area contributed by atoms with E-state index < -0.39 is 5.41 Å². The number of nitrogens with one attached hydrogen (secondary N) is 1. The van der Waals surface area contributed by atoms with Crippen molar-refractivity contribution in [2.24, 2.45) is 7.05 Å². The Labute approximate surface area is 182 Å². The highest BCUT2D eigenvalue weighted by atomic mass is 32.2. The average molecular weight is 424 g/mol. The summed E-state index contributed by atoms with van der Waals surface area (Å²) in [5.74, 6) is 1.94. The van der Waals surface area contributed by atoms with Crippen LogP contribution in [0, 0.1) is 0 Å². The van der Waals surface area contributed by atoms with Crippen LogP contribution in [-0.2, 0) is 22.0 Å². The lowest BCUT2D eigenvalue weighted by Gasteiger charge is -2.37. The van der Waals surface area contributed by atoms with Crippen molar-refractivity contribution >= 4 is 28.7 Å². The maximum absolute atomic E-state index is 13.8. The highest BCUT2D eigenvalue weighted by Gasteiger charge is 2.42. The van der Waals surface area contributed by atoms with E-state index in [2.05, 4.69) is 34.3 Å². The van der Waals surface area contributed by atoms with Crippen LogP contribution >= 0.6 is 11.8 Å². The number of amides is 1. The number of aromatic nitrogens is 2. The number of thioether (sulfide) groups is 1. The summed E-state index contributed by atoms with van der Waals surface area (Å²) in [5.41, 5.74) is 2.56. The first kappa shape index (κ1) is 20.9. The molecule has 4 rings (SSSR count). The number of hydrogen-bond donors (Lipinski definition) is 1. The summed E-state index contributed by atoms with van der Waals surface area (Å²) >= 11 is 1.79. The second kappa shape index (κ2) is 9.23. The Morgan fingerprint density at radius 1 is 1.17 bits per heavy atom. The molecular weight excluding hydrogens is 394 g/mol. The Kier molecular flexibility index (Phi) is 6.44. The van der Waals surface area contributed by atoms with Crippen molar-refractivity contribution in [2.75, 3.05) is 25.2 Å². The van der Waals surface area contributed by atoms with Gasteiger partial charge >= 0.3 is 0 Å². The number of carbonyl (C=O) groups excluding carboxylic acids is 1. The van der Waals surface area contributed by atoms with Crippen molar-refractivity contribution < 1.29 is 9.53 Å². The number of nitrogens with zero attached hydrogens (tertiary/aromatic N) is 2. The number of carbonyl (C=O) groups is 1. The molecule has 2 heterocycles. The molecule has 1 saturated heterocycles. The Hall–Kier alpha value is -2.31. The van der Waals surface area contributed by atoms with Crippen LogP contribution in [0.25, 0.3) is 11.0 Å². The van der Waals surface area contributed by atoms with Gasteiger partial charge in [0.25, 0.3) is 0 Å². The van der Waals surface area contributed by atoms with Crippen LogP contribution < -0.4 is 5.32 Å². The van der Waals surface area contributed by atoms with E-state index in [1.54, 1.807) is 11.8 Å². The van der Waals surface area contributed by atoms with Crippen molar-refractivity contribution in [3.8, 4) is 0 Å². The van der Waals surface area contributed by atoms with E-state index >= 15 is 0 Å². The Bertz CT molecular complexity index is 996. The van der Waals surface area contributed by atoms with Gasteiger partial charge in [-0.15, -0.1) is 0 Å². The van der Waals surface area contributed by atoms with Gasteiger partial charge in [0.05, 0.1) is 22.5 Å². The summed E-state index contributed by atoms with van der Waals surface area (Å²) in [6.07, 6.45) is 4.32. The molecule has 0 spiro atoms. The van der Waals surface area contributed by atoms with E-state index in [0.717, 1.165) is 34.6 Å². The minimum atomic E-state index is -0.554. The quantitative estimate of drug-likeness (QED) is 0.618. The fraction of sp³-hybridized carbons (Fsp3) is 0.417. The monoisotopic (exact) mass is 423 g/mol. The molecular formula is C24H29N3O2S. The van der Waals surface area contributed by atoms with E-state index in [1.165, 1.54) is 0 Å². The number of rotatable bonds is 7. The summed E-state index contributed by atoms with van der Waals surface area (Å²) < 4.78 is 7.72. The summed E-state index contributed by atoms with van der Waals surface area (Å²) in [6, 6.07) is 18.1. The topological polar surface area (TPSA) is 56.1 Å². The van der Waals surface area contributed by atoms with Crippen LogP contribution in [0.3, 0.4) is 0 Å². The van der Waals surface area contributed by atoms with Gasteiger partial charge in [-0.05, 0) is 49.0 Å². The van der Waals surface area contributed by atoms with Gasteiger partial charge in [0.15, 0.2) is 0 Å². The molecule has 0 unspecified atom stereocenters. The van der Waals surface area contributed by atoms with Gasteiger partial charge in [-0.2, -0.15) is 11.8 Å². The molecule has 158 valence electrons. The standard InChI is InChI=1S/C24H29N3O2S/c1-27-21-11-7-6-10-19(21)25-22(27)20(12-17-30-2)26-23(28)24(13-15-29-16-14-24)18-8-4-3-5-9-18/h3-11,20H,12-17H2,1-2H3,(H,26,28)/t20-/m1/s1. The van der Waals surface area contributed by atoms with Gasteiger partial charge in [-0.25, -0.2) is 4.98 Å². The third-order valence-electron chi connectivity index (χ3n) is 6.16. The van der Waals surface area contributed by atoms with Crippen molar-refractivity contribution in [1.29, 1.82) is 0 Å². The number of imidazole rings is 1. The molecule has 3 aromatic rings. The maximum atomic E-state index is 13.8. The van der Waals surface area contributed by atoms with Crippen LogP contribution in [0.4, 0.5) is 0 Å². The van der Waals surface area contributed by atoms with Crippen molar-refractivity contribution in [2.45, 2.75) is 30.7 Å². The molecule has 1 atom stereocenters. The van der Waals surface area contributed by atoms with Gasteiger partial charge < -0.3 is 14.6 Å². The van der Waals surface area contributed by atoms with Crippen molar-refractivity contribution in [1.82, 2.24) is 14.9 Å². The lowest BCUT2D eigenvalue weighted by atomic mass is 9.73. The zero-order valence-electron chi connectivity index (χ0n) is 17.6. The molecule has 0 bridgehead atoms. The Morgan fingerprint density at radius 3 is 2.57 bits per heavy atom. The van der Waals surface area contributed by atoms with Crippen LogP contribution in [0.15, 0.2) is 54.6 Å². The van der Waals surface area contributed by atoms with Crippen molar-refractivity contribution in [3.63, 3.8) is 0 Å². The normalized spacial score (nSPS) is 17.0. The van der Waals surface area contributed by atoms with Crippen molar-refractivity contribution in [3.05, 3.63) is 66.0 Å². The minimum Gasteiger partial charge on any atom is -0.381 e. The first-order valence-electron chi connectivity index (χ1n) is 10.5. The first-order chi connectivity index (χ1) is 14.7. The molecule has 30 heavy (non-hydrogen) atoms. The third kappa shape index (κ3) is 3.98. The van der Waals surface area contributed by atoms with Crippen LogP contribution in [0.2, 0.25) is 0 Å². The average Bonchev–Trinajstić information content (AvgIpc) is 3.14. The van der Waals surface area contributed by atoms with E-state index in [-0.39, 0.29) is 11.9 Å². The molecule has 1 aliphatic rings. The number of aryl methyl sites for hydroxylation is 1. The molecule has 1 aromatic heterocycles. The SMILES string of the molecule is CSCC[C@@H](NC(=O)C1(c2ccccc2)CCOCC1)c1nc2ccccc2n1C. The van der Waals surface area contributed by atoms with Crippen LogP contribution in [0.1, 0.15) is 36.7 Å². The van der Waals surface area contributed by atoms with Crippen LogP contribution in [-0.4, -0.2) is 40.7 Å². The molecule has 1 fully saturated rings. The number of ether oxygens (including phenoxy) is 1. The van der Waals surface area contributed by atoms with Gasteiger partial charge in [-0.1, -0.05) is 42.5 Å². The summed E-state index contributed by atoms with van der Waals surface area (Å²) in [5, 5.41) is 3.39. The highest BCUT2D eigenvalue weighted by Crippen LogP contribution is 2.36. The Balaban J connectivity index is 1.68. The van der Waals surface area contributed by atoms with E-state index in [9.17, 15) is 4.79 Å². The molecule has 6 heteroatoms. The maximum Gasteiger partial charge on any atom is 0.231 e. The number of hydrogen-bond acceptors (Lipinski definition) is 4. The van der Waals surface area contributed by atoms with E-state index in [1.807, 2.05) is 43.4 Å². The Morgan fingerprint density at radius 2 is 1.87 bits per heavy atom. The van der Waals surface area contributed by atoms with Crippen LogP contribution in [0.5, 0.6) is 0 Å². The smallest absolute Gasteiger partial charge is 0.231 e.